The van der Waals surface area contributed by atoms with E-state index in [4.69, 9.17) is 11.7 Å². The van der Waals surface area contributed by atoms with Gasteiger partial charge in [-0.2, -0.15) is 0 Å². The summed E-state index contributed by atoms with van der Waals surface area (Å²) in [5.41, 5.74) is 5.29. The van der Waals surface area contributed by atoms with Crippen LogP contribution in [0.1, 0.15) is 15.9 Å². The number of hydrazine groups is 2. The van der Waals surface area contributed by atoms with Crippen LogP contribution in [0.4, 0.5) is 10.5 Å². The molecule has 100 valence electrons. The van der Waals surface area contributed by atoms with Gasteiger partial charge < -0.3 is 0 Å². The molecule has 6 nitrogen and oxygen atoms in total. The van der Waals surface area contributed by atoms with Crippen molar-refractivity contribution >= 4 is 17.5 Å². The van der Waals surface area contributed by atoms with Gasteiger partial charge in [-0.3, -0.25) is 10.2 Å². The number of fused-ring (bicyclic) bond motifs is 3. The average Bonchev–Trinajstić information content (AvgIpc) is 2.79. The van der Waals surface area contributed by atoms with Gasteiger partial charge in [0.15, 0.2) is 5.78 Å². The van der Waals surface area contributed by atoms with Crippen molar-refractivity contribution in [2.75, 3.05) is 5.01 Å². The molecule has 6 heteroatoms. The van der Waals surface area contributed by atoms with Crippen molar-refractivity contribution in [3.63, 3.8) is 0 Å². The van der Waals surface area contributed by atoms with Crippen LogP contribution < -0.4 is 22.1 Å². The van der Waals surface area contributed by atoms with Crippen LogP contribution in [-0.4, -0.2) is 11.8 Å². The molecule has 1 aliphatic carbocycles. The number of anilines is 1. The fourth-order valence-corrected chi connectivity index (χ4v) is 2.35. The molecule has 1 aliphatic rings. The maximum atomic E-state index is 12.2. The number of rotatable bonds is 1. The van der Waals surface area contributed by atoms with Gasteiger partial charge >= 0.3 is 6.03 Å². The highest BCUT2D eigenvalue weighted by atomic mass is 16.2. The van der Waals surface area contributed by atoms with Crippen LogP contribution in [0.15, 0.2) is 42.5 Å². The maximum absolute atomic E-state index is 12.2. The van der Waals surface area contributed by atoms with Gasteiger partial charge in [-0.15, -0.1) is 0 Å². The second kappa shape index (κ2) is 4.44. The summed E-state index contributed by atoms with van der Waals surface area (Å²) >= 11 is 0. The van der Waals surface area contributed by atoms with Crippen molar-refractivity contribution in [2.24, 2.45) is 11.7 Å². The molecular formula is C14H12N4O2. The third-order valence-electron chi connectivity index (χ3n) is 3.33. The van der Waals surface area contributed by atoms with Crippen LogP contribution in [0.25, 0.3) is 11.1 Å². The first-order valence-corrected chi connectivity index (χ1v) is 5.97. The molecular weight excluding hydrogens is 256 g/mol. The Morgan fingerprint density at radius 2 is 1.65 bits per heavy atom. The molecule has 2 aromatic rings. The van der Waals surface area contributed by atoms with E-state index in [0.29, 0.717) is 16.8 Å². The standard InChI is InChI=1S/C14H12N4O2/c15-17-14(20)18(16)8-5-6-11-12(7-8)9-3-1-2-4-10(9)13(11)19/h1-7H,15-16H2,(H,17,20). The van der Waals surface area contributed by atoms with Crippen LogP contribution in [0.5, 0.6) is 0 Å². The summed E-state index contributed by atoms with van der Waals surface area (Å²) in [6, 6.07) is 11.7. The van der Waals surface area contributed by atoms with Crippen LogP contribution in [-0.2, 0) is 0 Å². The lowest BCUT2D eigenvalue weighted by Crippen LogP contribution is -2.47. The van der Waals surface area contributed by atoms with Crippen LogP contribution >= 0.6 is 0 Å². The van der Waals surface area contributed by atoms with E-state index in [1.54, 1.807) is 24.3 Å². The molecule has 0 atom stereocenters. The largest absolute Gasteiger partial charge is 0.350 e. The molecule has 0 fully saturated rings. The topological polar surface area (TPSA) is 101 Å². The first kappa shape index (κ1) is 12.3. The number of nitrogens with one attached hydrogen (secondary N) is 1. The Balaban J connectivity index is 2.12. The van der Waals surface area contributed by atoms with Gasteiger partial charge in [0, 0.05) is 11.1 Å². The predicted octanol–water partition coefficient (Wildman–Crippen LogP) is 1.16. The van der Waals surface area contributed by atoms with Crippen molar-refractivity contribution in [1.29, 1.82) is 0 Å². The van der Waals surface area contributed by atoms with Crippen molar-refractivity contribution in [1.82, 2.24) is 5.43 Å². The molecule has 0 saturated carbocycles. The summed E-state index contributed by atoms with van der Waals surface area (Å²) in [7, 11) is 0. The number of hydrogen-bond donors (Lipinski definition) is 3. The van der Waals surface area contributed by atoms with E-state index in [-0.39, 0.29) is 5.78 Å². The number of carbonyl (C=O) groups excluding carboxylic acids is 2. The zero-order valence-electron chi connectivity index (χ0n) is 10.5. The molecule has 3 rings (SSSR count). The number of ketones is 1. The Bertz CT molecular complexity index is 727. The number of benzene rings is 2. The second-order valence-electron chi connectivity index (χ2n) is 4.42. The zero-order chi connectivity index (χ0) is 14.3. The highest BCUT2D eigenvalue weighted by Gasteiger charge is 2.27. The first-order valence-electron chi connectivity index (χ1n) is 5.97. The minimum atomic E-state index is -0.637. The quantitative estimate of drug-likeness (QED) is 0.350. The smallest absolute Gasteiger partial charge is 0.289 e. The number of nitrogens with zero attached hydrogens (tertiary/aromatic N) is 1. The van der Waals surface area contributed by atoms with E-state index in [1.807, 2.05) is 23.6 Å². The lowest BCUT2D eigenvalue weighted by Gasteiger charge is -2.16. The third kappa shape index (κ3) is 1.67. The third-order valence-corrected chi connectivity index (χ3v) is 3.33. The summed E-state index contributed by atoms with van der Waals surface area (Å²) in [6.07, 6.45) is 0. The van der Waals surface area contributed by atoms with Gasteiger partial charge in [-0.05, 0) is 29.3 Å². The molecule has 0 bridgehead atoms. The van der Waals surface area contributed by atoms with Gasteiger partial charge in [0.2, 0.25) is 0 Å². The Morgan fingerprint density at radius 3 is 2.35 bits per heavy atom. The van der Waals surface area contributed by atoms with Crippen molar-refractivity contribution in [2.45, 2.75) is 0 Å². The van der Waals surface area contributed by atoms with E-state index >= 15 is 0 Å². The van der Waals surface area contributed by atoms with Crippen LogP contribution in [0.3, 0.4) is 0 Å². The zero-order valence-corrected chi connectivity index (χ0v) is 10.5. The lowest BCUT2D eigenvalue weighted by molar-refractivity contribution is 0.104. The van der Waals surface area contributed by atoms with Gasteiger partial charge in [-0.1, -0.05) is 24.3 Å². The molecule has 0 heterocycles. The maximum Gasteiger partial charge on any atom is 0.350 e. The Hall–Kier alpha value is -2.70. The Kier molecular flexibility index (Phi) is 2.74. The predicted molar refractivity (Wildman–Crippen MR) is 74.7 cm³/mol. The SMILES string of the molecule is NNC(=O)N(N)c1ccc2c(c1)-c1ccccc1C2=O. The number of urea groups is 1. The highest BCUT2D eigenvalue weighted by molar-refractivity contribution is 6.22. The number of carbonyl (C=O) groups is 2. The van der Waals surface area contributed by atoms with E-state index in [2.05, 4.69) is 0 Å². The number of amides is 2. The van der Waals surface area contributed by atoms with Gasteiger partial charge in [0.25, 0.3) is 0 Å². The first-order chi connectivity index (χ1) is 9.63. The van der Waals surface area contributed by atoms with Crippen LogP contribution in [0.2, 0.25) is 0 Å². The molecule has 0 spiro atoms. The summed E-state index contributed by atoms with van der Waals surface area (Å²) in [4.78, 5) is 23.6. The normalized spacial score (nSPS) is 11.8. The van der Waals surface area contributed by atoms with Crippen LogP contribution in [0, 0.1) is 0 Å². The van der Waals surface area contributed by atoms with E-state index < -0.39 is 6.03 Å². The molecule has 20 heavy (non-hydrogen) atoms. The minimum Gasteiger partial charge on any atom is -0.289 e. The summed E-state index contributed by atoms with van der Waals surface area (Å²) in [5.74, 6) is 10.7. The summed E-state index contributed by atoms with van der Waals surface area (Å²) in [5, 5.41) is 0.895. The Labute approximate surface area is 114 Å². The van der Waals surface area contributed by atoms with Gasteiger partial charge in [0.05, 0.1) is 5.69 Å². The molecule has 0 saturated heterocycles. The van der Waals surface area contributed by atoms with E-state index in [0.717, 1.165) is 16.1 Å². The molecule has 0 radical (unpaired) electrons. The highest BCUT2D eigenvalue weighted by Crippen LogP contribution is 2.38. The fraction of sp³-hybridized carbons (Fsp3) is 0. The lowest BCUT2D eigenvalue weighted by atomic mass is 10.1. The Morgan fingerprint density at radius 1 is 1.00 bits per heavy atom. The summed E-state index contributed by atoms with van der Waals surface area (Å²) < 4.78 is 0. The fourth-order valence-electron chi connectivity index (χ4n) is 2.35. The monoisotopic (exact) mass is 268 g/mol. The van der Waals surface area contributed by atoms with Crippen molar-refractivity contribution in [3.05, 3.63) is 53.6 Å². The number of hydrogen-bond acceptors (Lipinski definition) is 4. The molecule has 0 aliphatic heterocycles. The molecule has 5 N–H and O–H groups in total. The van der Waals surface area contributed by atoms with Crippen molar-refractivity contribution < 1.29 is 9.59 Å². The van der Waals surface area contributed by atoms with E-state index in [9.17, 15) is 9.59 Å². The minimum absolute atomic E-state index is 0.0194. The summed E-state index contributed by atoms with van der Waals surface area (Å²) in [6.45, 7) is 0. The van der Waals surface area contributed by atoms with Gasteiger partial charge in [0.1, 0.15) is 0 Å². The molecule has 2 aromatic carbocycles. The van der Waals surface area contributed by atoms with Gasteiger partial charge in [-0.25, -0.2) is 21.5 Å². The second-order valence-corrected chi connectivity index (χ2v) is 4.42. The van der Waals surface area contributed by atoms with Crippen molar-refractivity contribution in [3.8, 4) is 11.1 Å². The average molecular weight is 268 g/mol. The molecule has 2 amide bonds. The van der Waals surface area contributed by atoms with E-state index in [1.165, 1.54) is 0 Å². The number of nitrogens with two attached hydrogens (primary N) is 2. The molecule has 0 aromatic heterocycles. The molecule has 0 unspecified atom stereocenters.